The standard InChI is InChI=1S/C17H25N3O3/c21-17(19-12-15-13-22-9-10-23-15)14-5-6-16(18-11-14)20-7-3-1-2-4-8-20/h5-6,11,15H,1-4,7-10,12-13H2,(H,19,21)/t15-/m0/s1. The number of aromatic nitrogens is 1. The molecule has 0 bridgehead atoms. The predicted octanol–water partition coefficient (Wildman–Crippen LogP) is 1.61. The number of hydrogen-bond acceptors (Lipinski definition) is 5. The van der Waals surface area contributed by atoms with Crippen molar-refractivity contribution in [3.05, 3.63) is 23.9 Å². The molecule has 2 fully saturated rings. The zero-order chi connectivity index (χ0) is 15.9. The molecule has 1 N–H and O–H groups in total. The Kier molecular flexibility index (Phi) is 5.82. The predicted molar refractivity (Wildman–Crippen MR) is 87.8 cm³/mol. The highest BCUT2D eigenvalue weighted by atomic mass is 16.6. The van der Waals surface area contributed by atoms with Crippen LogP contribution in [-0.2, 0) is 9.47 Å². The molecule has 0 aromatic carbocycles. The van der Waals surface area contributed by atoms with E-state index < -0.39 is 0 Å². The fourth-order valence-electron chi connectivity index (χ4n) is 2.97. The molecule has 2 aliphatic heterocycles. The summed E-state index contributed by atoms with van der Waals surface area (Å²) in [6.45, 7) is 4.33. The highest BCUT2D eigenvalue weighted by Crippen LogP contribution is 2.17. The maximum atomic E-state index is 12.2. The number of hydrogen-bond donors (Lipinski definition) is 1. The van der Waals surface area contributed by atoms with Gasteiger partial charge in [0.15, 0.2) is 0 Å². The maximum Gasteiger partial charge on any atom is 0.252 e. The summed E-state index contributed by atoms with van der Waals surface area (Å²) in [7, 11) is 0. The second-order valence-corrected chi connectivity index (χ2v) is 6.08. The van der Waals surface area contributed by atoms with E-state index in [1.54, 1.807) is 6.20 Å². The third-order valence-electron chi connectivity index (χ3n) is 4.32. The number of nitrogens with one attached hydrogen (secondary N) is 1. The van der Waals surface area contributed by atoms with Crippen molar-refractivity contribution in [3.63, 3.8) is 0 Å². The van der Waals surface area contributed by atoms with Gasteiger partial charge in [-0.2, -0.15) is 0 Å². The van der Waals surface area contributed by atoms with Gasteiger partial charge in [0.05, 0.1) is 31.5 Å². The second kappa shape index (κ2) is 8.26. The monoisotopic (exact) mass is 319 g/mol. The molecular weight excluding hydrogens is 294 g/mol. The first-order valence-electron chi connectivity index (χ1n) is 8.51. The first-order chi connectivity index (χ1) is 11.3. The molecular formula is C17H25N3O3. The molecule has 0 unspecified atom stereocenters. The van der Waals surface area contributed by atoms with Crippen molar-refractivity contribution in [3.8, 4) is 0 Å². The van der Waals surface area contributed by atoms with Crippen LogP contribution in [0.3, 0.4) is 0 Å². The van der Waals surface area contributed by atoms with Crippen LogP contribution in [0.2, 0.25) is 0 Å². The number of ether oxygens (including phenoxy) is 2. The zero-order valence-corrected chi connectivity index (χ0v) is 13.5. The smallest absolute Gasteiger partial charge is 0.252 e. The van der Waals surface area contributed by atoms with Crippen LogP contribution >= 0.6 is 0 Å². The summed E-state index contributed by atoms with van der Waals surface area (Å²) < 4.78 is 10.8. The fraction of sp³-hybridized carbons (Fsp3) is 0.647. The van der Waals surface area contributed by atoms with Crippen molar-refractivity contribution in [1.29, 1.82) is 0 Å². The second-order valence-electron chi connectivity index (χ2n) is 6.08. The van der Waals surface area contributed by atoms with Crippen LogP contribution in [0, 0.1) is 0 Å². The van der Waals surface area contributed by atoms with Gasteiger partial charge in [0.25, 0.3) is 5.91 Å². The van der Waals surface area contributed by atoms with E-state index in [0.29, 0.717) is 31.9 Å². The lowest BCUT2D eigenvalue weighted by atomic mass is 10.2. The minimum atomic E-state index is -0.117. The summed E-state index contributed by atoms with van der Waals surface area (Å²) in [6.07, 6.45) is 6.62. The molecule has 1 aromatic heterocycles. The van der Waals surface area contributed by atoms with Gasteiger partial charge >= 0.3 is 0 Å². The highest BCUT2D eigenvalue weighted by Gasteiger charge is 2.16. The minimum Gasteiger partial charge on any atom is -0.376 e. The molecule has 6 heteroatoms. The lowest BCUT2D eigenvalue weighted by Crippen LogP contribution is -2.39. The van der Waals surface area contributed by atoms with Crippen molar-refractivity contribution in [2.24, 2.45) is 0 Å². The van der Waals surface area contributed by atoms with E-state index in [1.807, 2.05) is 12.1 Å². The van der Waals surface area contributed by atoms with Crippen molar-refractivity contribution in [1.82, 2.24) is 10.3 Å². The van der Waals surface area contributed by atoms with Gasteiger partial charge in [0, 0.05) is 25.8 Å². The van der Waals surface area contributed by atoms with Crippen molar-refractivity contribution in [2.75, 3.05) is 44.4 Å². The van der Waals surface area contributed by atoms with Gasteiger partial charge < -0.3 is 19.7 Å². The van der Waals surface area contributed by atoms with Crippen LogP contribution < -0.4 is 10.2 Å². The van der Waals surface area contributed by atoms with Gasteiger partial charge in [-0.3, -0.25) is 4.79 Å². The molecule has 0 spiro atoms. The molecule has 3 heterocycles. The SMILES string of the molecule is O=C(NC[C@H]1COCCO1)c1ccc(N2CCCCCC2)nc1. The Hall–Kier alpha value is -1.66. The Labute approximate surface area is 137 Å². The van der Waals surface area contributed by atoms with Crippen LogP contribution in [0.4, 0.5) is 5.82 Å². The summed E-state index contributed by atoms with van der Waals surface area (Å²) >= 11 is 0. The van der Waals surface area contributed by atoms with Crippen LogP contribution in [0.1, 0.15) is 36.0 Å². The van der Waals surface area contributed by atoms with Crippen LogP contribution in [0.15, 0.2) is 18.3 Å². The van der Waals surface area contributed by atoms with E-state index in [9.17, 15) is 4.79 Å². The zero-order valence-electron chi connectivity index (χ0n) is 13.5. The lowest BCUT2D eigenvalue weighted by Gasteiger charge is -2.23. The number of amides is 1. The quantitative estimate of drug-likeness (QED) is 0.913. The average Bonchev–Trinajstić information content (AvgIpc) is 2.90. The number of carbonyl (C=O) groups is 1. The largest absolute Gasteiger partial charge is 0.376 e. The highest BCUT2D eigenvalue weighted by molar-refractivity contribution is 5.94. The Morgan fingerprint density at radius 2 is 2.04 bits per heavy atom. The van der Waals surface area contributed by atoms with Crippen LogP contribution in [0.25, 0.3) is 0 Å². The number of nitrogens with zero attached hydrogens (tertiary/aromatic N) is 2. The molecule has 2 aliphatic rings. The summed E-state index contributed by atoms with van der Waals surface area (Å²) in [5.41, 5.74) is 0.584. The first-order valence-corrected chi connectivity index (χ1v) is 8.51. The van der Waals surface area contributed by atoms with Crippen LogP contribution in [-0.4, -0.2) is 56.5 Å². The Balaban J connectivity index is 1.52. The van der Waals surface area contributed by atoms with Gasteiger partial charge in [-0.25, -0.2) is 4.98 Å². The average molecular weight is 319 g/mol. The third-order valence-corrected chi connectivity index (χ3v) is 4.32. The van der Waals surface area contributed by atoms with Gasteiger partial charge in [-0.1, -0.05) is 12.8 Å². The molecule has 0 saturated carbocycles. The van der Waals surface area contributed by atoms with E-state index >= 15 is 0 Å². The van der Waals surface area contributed by atoms with E-state index in [-0.39, 0.29) is 12.0 Å². The number of carbonyl (C=O) groups excluding carboxylic acids is 1. The molecule has 126 valence electrons. The summed E-state index contributed by atoms with van der Waals surface area (Å²) in [4.78, 5) is 18.9. The fourth-order valence-corrected chi connectivity index (χ4v) is 2.97. The minimum absolute atomic E-state index is 0.0583. The molecule has 1 aromatic rings. The number of pyridine rings is 1. The molecule has 0 radical (unpaired) electrons. The first kappa shape index (κ1) is 16.2. The van der Waals surface area contributed by atoms with E-state index in [2.05, 4.69) is 15.2 Å². The van der Waals surface area contributed by atoms with Crippen molar-refractivity contribution in [2.45, 2.75) is 31.8 Å². The molecule has 23 heavy (non-hydrogen) atoms. The van der Waals surface area contributed by atoms with Crippen LogP contribution in [0.5, 0.6) is 0 Å². The van der Waals surface area contributed by atoms with Gasteiger partial charge in [-0.05, 0) is 25.0 Å². The summed E-state index contributed by atoms with van der Waals surface area (Å²) in [5, 5.41) is 2.88. The van der Waals surface area contributed by atoms with E-state index in [4.69, 9.17) is 9.47 Å². The van der Waals surface area contributed by atoms with E-state index in [0.717, 1.165) is 18.9 Å². The van der Waals surface area contributed by atoms with Crippen molar-refractivity contribution >= 4 is 11.7 Å². The van der Waals surface area contributed by atoms with Gasteiger partial charge in [0.2, 0.25) is 0 Å². The molecule has 2 saturated heterocycles. The molecule has 0 aliphatic carbocycles. The van der Waals surface area contributed by atoms with Crippen molar-refractivity contribution < 1.29 is 14.3 Å². The normalized spacial score (nSPS) is 22.4. The Morgan fingerprint density at radius 3 is 2.70 bits per heavy atom. The maximum absolute atomic E-state index is 12.2. The lowest BCUT2D eigenvalue weighted by molar-refractivity contribution is -0.0855. The number of anilines is 1. The topological polar surface area (TPSA) is 63.7 Å². The summed E-state index contributed by atoms with van der Waals surface area (Å²) in [5.74, 6) is 0.849. The Bertz CT molecular complexity index is 492. The van der Waals surface area contributed by atoms with Gasteiger partial charge in [-0.15, -0.1) is 0 Å². The Morgan fingerprint density at radius 1 is 1.22 bits per heavy atom. The van der Waals surface area contributed by atoms with E-state index in [1.165, 1.54) is 25.7 Å². The third kappa shape index (κ3) is 4.65. The molecule has 3 rings (SSSR count). The molecule has 1 amide bonds. The summed E-state index contributed by atoms with van der Waals surface area (Å²) in [6, 6.07) is 3.79. The molecule has 1 atom stereocenters. The van der Waals surface area contributed by atoms with Gasteiger partial charge in [0.1, 0.15) is 5.82 Å². The molecule has 6 nitrogen and oxygen atoms in total. The number of rotatable bonds is 4.